The van der Waals surface area contributed by atoms with Gasteiger partial charge in [0.1, 0.15) is 0 Å². The maximum atomic E-state index is 11.2. The van der Waals surface area contributed by atoms with Crippen molar-refractivity contribution in [1.82, 2.24) is 4.98 Å². The molecule has 5 nitrogen and oxygen atoms in total. The monoisotopic (exact) mass is 238 g/mol. The zero-order chi connectivity index (χ0) is 12.7. The average Bonchev–Trinajstić information content (AvgIpc) is 2.30. The summed E-state index contributed by atoms with van der Waals surface area (Å²) in [4.78, 5) is 15.3. The number of esters is 1. The summed E-state index contributed by atoms with van der Waals surface area (Å²) in [6.07, 6.45) is 1.78. The molecule has 0 unspecified atom stereocenters. The largest absolute Gasteiger partial charge is 0.478 e. The summed E-state index contributed by atoms with van der Waals surface area (Å²) in [6, 6.07) is 3.16. The van der Waals surface area contributed by atoms with Crippen molar-refractivity contribution in [3.63, 3.8) is 0 Å². The molecule has 0 aliphatic carbocycles. The maximum Gasteiger partial charge on any atom is 0.307 e. The Hall–Kier alpha value is -1.62. The zero-order valence-electron chi connectivity index (χ0n) is 10.2. The summed E-state index contributed by atoms with van der Waals surface area (Å²) in [5.41, 5.74) is 6.66. The fraction of sp³-hybridized carbons (Fsp3) is 0.500. The number of rotatable bonds is 6. The fourth-order valence-electron chi connectivity index (χ4n) is 1.36. The first-order chi connectivity index (χ1) is 8.17. The SMILES string of the molecule is CCOC(=O)C[C@H](N)c1ccc(OCC)nc1. The van der Waals surface area contributed by atoms with Crippen LogP contribution >= 0.6 is 0 Å². The van der Waals surface area contributed by atoms with Crippen LogP contribution in [0.5, 0.6) is 5.88 Å². The van der Waals surface area contributed by atoms with E-state index in [4.69, 9.17) is 15.2 Å². The van der Waals surface area contributed by atoms with Gasteiger partial charge in [0.25, 0.3) is 0 Å². The van der Waals surface area contributed by atoms with Gasteiger partial charge in [-0.3, -0.25) is 4.79 Å². The second-order valence-electron chi connectivity index (χ2n) is 3.48. The number of hydrogen-bond donors (Lipinski definition) is 1. The van der Waals surface area contributed by atoms with Crippen molar-refractivity contribution >= 4 is 5.97 Å². The van der Waals surface area contributed by atoms with Gasteiger partial charge in [0, 0.05) is 18.3 Å². The smallest absolute Gasteiger partial charge is 0.307 e. The van der Waals surface area contributed by atoms with Gasteiger partial charge in [0.15, 0.2) is 0 Å². The van der Waals surface area contributed by atoms with Crippen molar-refractivity contribution in [3.8, 4) is 5.88 Å². The molecule has 5 heteroatoms. The third-order valence-electron chi connectivity index (χ3n) is 2.17. The van der Waals surface area contributed by atoms with E-state index in [9.17, 15) is 4.79 Å². The van der Waals surface area contributed by atoms with Crippen LogP contribution in [0.2, 0.25) is 0 Å². The number of pyridine rings is 1. The van der Waals surface area contributed by atoms with E-state index in [-0.39, 0.29) is 12.4 Å². The van der Waals surface area contributed by atoms with Crippen LogP contribution in [0.25, 0.3) is 0 Å². The topological polar surface area (TPSA) is 74.4 Å². The van der Waals surface area contributed by atoms with Gasteiger partial charge in [0.2, 0.25) is 5.88 Å². The van der Waals surface area contributed by atoms with Crippen LogP contribution in [0.3, 0.4) is 0 Å². The maximum absolute atomic E-state index is 11.2. The van der Waals surface area contributed by atoms with E-state index in [0.29, 0.717) is 19.1 Å². The Morgan fingerprint density at radius 1 is 1.41 bits per heavy atom. The molecule has 0 bridgehead atoms. The molecule has 1 aromatic heterocycles. The number of ether oxygens (including phenoxy) is 2. The quantitative estimate of drug-likeness (QED) is 0.759. The lowest BCUT2D eigenvalue weighted by atomic mass is 10.1. The van der Waals surface area contributed by atoms with Crippen molar-refractivity contribution in [2.75, 3.05) is 13.2 Å². The number of hydrogen-bond acceptors (Lipinski definition) is 5. The van der Waals surface area contributed by atoms with E-state index >= 15 is 0 Å². The lowest BCUT2D eigenvalue weighted by molar-refractivity contribution is -0.143. The Bertz CT molecular complexity index is 351. The minimum atomic E-state index is -0.391. The molecule has 94 valence electrons. The summed E-state index contributed by atoms with van der Waals surface area (Å²) in [6.45, 7) is 4.60. The summed E-state index contributed by atoms with van der Waals surface area (Å²) in [5, 5.41) is 0. The molecular formula is C12H18N2O3. The van der Waals surface area contributed by atoms with Gasteiger partial charge in [0.05, 0.1) is 19.6 Å². The van der Waals surface area contributed by atoms with Crippen molar-refractivity contribution in [1.29, 1.82) is 0 Å². The summed E-state index contributed by atoms with van der Waals surface area (Å²) in [5.74, 6) is 0.258. The lowest BCUT2D eigenvalue weighted by Crippen LogP contribution is -2.17. The minimum absolute atomic E-state index is 0.156. The van der Waals surface area contributed by atoms with Crippen molar-refractivity contribution < 1.29 is 14.3 Å². The van der Waals surface area contributed by atoms with Gasteiger partial charge in [-0.2, -0.15) is 0 Å². The molecule has 2 N–H and O–H groups in total. The molecule has 0 aliphatic rings. The third-order valence-corrected chi connectivity index (χ3v) is 2.17. The zero-order valence-corrected chi connectivity index (χ0v) is 10.2. The molecule has 1 rings (SSSR count). The highest BCUT2D eigenvalue weighted by molar-refractivity contribution is 5.70. The molecule has 1 aromatic rings. The highest BCUT2D eigenvalue weighted by Crippen LogP contribution is 2.16. The van der Waals surface area contributed by atoms with Crippen molar-refractivity contribution in [2.45, 2.75) is 26.3 Å². The van der Waals surface area contributed by atoms with Crippen LogP contribution in [0, 0.1) is 0 Å². The number of nitrogens with two attached hydrogens (primary N) is 1. The first kappa shape index (κ1) is 13.4. The first-order valence-electron chi connectivity index (χ1n) is 5.67. The minimum Gasteiger partial charge on any atom is -0.478 e. The molecule has 1 heterocycles. The molecule has 1 atom stereocenters. The van der Waals surface area contributed by atoms with Crippen LogP contribution in [-0.2, 0) is 9.53 Å². The molecule has 0 saturated carbocycles. The lowest BCUT2D eigenvalue weighted by Gasteiger charge is -2.11. The molecule has 0 aliphatic heterocycles. The highest BCUT2D eigenvalue weighted by Gasteiger charge is 2.12. The molecule has 0 saturated heterocycles. The van der Waals surface area contributed by atoms with E-state index in [0.717, 1.165) is 5.56 Å². The van der Waals surface area contributed by atoms with E-state index < -0.39 is 6.04 Å². The Morgan fingerprint density at radius 3 is 2.71 bits per heavy atom. The highest BCUT2D eigenvalue weighted by atomic mass is 16.5. The van der Waals surface area contributed by atoms with Gasteiger partial charge >= 0.3 is 5.97 Å². The van der Waals surface area contributed by atoms with E-state index in [1.807, 2.05) is 13.0 Å². The second-order valence-corrected chi connectivity index (χ2v) is 3.48. The summed E-state index contributed by atoms with van der Waals surface area (Å²) in [7, 11) is 0. The molecule has 0 spiro atoms. The van der Waals surface area contributed by atoms with Crippen LogP contribution < -0.4 is 10.5 Å². The standard InChI is InChI=1S/C12H18N2O3/c1-3-16-11-6-5-9(8-14-11)10(13)7-12(15)17-4-2/h5-6,8,10H,3-4,7,13H2,1-2H3/t10-/m0/s1. The van der Waals surface area contributed by atoms with Gasteiger partial charge < -0.3 is 15.2 Å². The van der Waals surface area contributed by atoms with Crippen LogP contribution in [0.1, 0.15) is 31.9 Å². The van der Waals surface area contributed by atoms with E-state index in [1.165, 1.54) is 0 Å². The van der Waals surface area contributed by atoms with Gasteiger partial charge in [-0.25, -0.2) is 4.98 Å². The third kappa shape index (κ3) is 4.40. The van der Waals surface area contributed by atoms with Gasteiger partial charge in [-0.05, 0) is 19.4 Å². The Morgan fingerprint density at radius 2 is 2.18 bits per heavy atom. The Balaban J connectivity index is 2.56. The fourth-order valence-corrected chi connectivity index (χ4v) is 1.36. The molecule has 0 amide bonds. The van der Waals surface area contributed by atoms with E-state index in [2.05, 4.69) is 4.98 Å². The van der Waals surface area contributed by atoms with Gasteiger partial charge in [-0.15, -0.1) is 0 Å². The van der Waals surface area contributed by atoms with E-state index in [1.54, 1.807) is 19.2 Å². The Labute approximate surface area is 101 Å². The molecule has 0 aromatic carbocycles. The van der Waals surface area contributed by atoms with Crippen LogP contribution in [0.4, 0.5) is 0 Å². The molecular weight excluding hydrogens is 220 g/mol. The summed E-state index contributed by atoms with van der Waals surface area (Å²) < 4.78 is 10.0. The predicted octanol–water partition coefficient (Wildman–Crippen LogP) is 1.43. The molecule has 0 radical (unpaired) electrons. The predicted molar refractivity (Wildman–Crippen MR) is 63.6 cm³/mol. The molecule has 0 fully saturated rings. The molecule has 17 heavy (non-hydrogen) atoms. The number of carbonyl (C=O) groups excluding carboxylic acids is 1. The van der Waals surface area contributed by atoms with Gasteiger partial charge in [-0.1, -0.05) is 6.07 Å². The van der Waals surface area contributed by atoms with Crippen LogP contribution in [-0.4, -0.2) is 24.2 Å². The van der Waals surface area contributed by atoms with Crippen molar-refractivity contribution in [3.05, 3.63) is 23.9 Å². The second kappa shape index (κ2) is 6.85. The number of aromatic nitrogens is 1. The average molecular weight is 238 g/mol. The van der Waals surface area contributed by atoms with Crippen molar-refractivity contribution in [2.24, 2.45) is 5.73 Å². The number of nitrogens with zero attached hydrogens (tertiary/aromatic N) is 1. The van der Waals surface area contributed by atoms with Crippen LogP contribution in [0.15, 0.2) is 18.3 Å². The Kier molecular flexibility index (Phi) is 5.42. The normalized spacial score (nSPS) is 11.9. The number of carbonyl (C=O) groups is 1. The first-order valence-corrected chi connectivity index (χ1v) is 5.67. The summed E-state index contributed by atoms with van der Waals surface area (Å²) >= 11 is 0.